The summed E-state index contributed by atoms with van der Waals surface area (Å²) in [4.78, 5) is 22.2. The summed E-state index contributed by atoms with van der Waals surface area (Å²) >= 11 is 0. The maximum absolute atomic E-state index is 11.7. The van der Waals surface area contributed by atoms with Crippen LogP contribution < -0.4 is 0 Å². The third-order valence-electron chi connectivity index (χ3n) is 8.08. The lowest BCUT2D eigenvalue weighted by molar-refractivity contribution is -0.142. The molecule has 190 valence electrons. The number of carbonyl (C=O) groups is 1. The highest BCUT2D eigenvalue weighted by Gasteiger charge is 2.33. The van der Waals surface area contributed by atoms with Gasteiger partial charge >= 0.3 is 5.97 Å². The van der Waals surface area contributed by atoms with Gasteiger partial charge in [0.1, 0.15) is 6.10 Å². The molecule has 1 fully saturated rings. The van der Waals surface area contributed by atoms with E-state index < -0.39 is 11.4 Å². The number of aromatic nitrogens is 2. The van der Waals surface area contributed by atoms with Gasteiger partial charge in [0.2, 0.25) is 0 Å². The van der Waals surface area contributed by atoms with Crippen LogP contribution >= 0.6 is 0 Å². The van der Waals surface area contributed by atoms with Gasteiger partial charge in [-0.25, -0.2) is 0 Å². The van der Waals surface area contributed by atoms with Crippen LogP contribution in [0.4, 0.5) is 0 Å². The molecule has 4 heterocycles. The van der Waals surface area contributed by atoms with Crippen LogP contribution in [-0.2, 0) is 26.3 Å². The molecule has 2 aromatic heterocycles. The molecule has 1 saturated heterocycles. The van der Waals surface area contributed by atoms with E-state index in [2.05, 4.69) is 28.9 Å². The topological polar surface area (TPSA) is 85.9 Å². The van der Waals surface area contributed by atoms with E-state index in [0.717, 1.165) is 71.6 Å². The number of pyridine rings is 1. The molecule has 0 saturated carbocycles. The number of carboxylic acids is 1. The maximum atomic E-state index is 11.7. The number of carboxylic acid groups (broad SMARTS) is 1. The van der Waals surface area contributed by atoms with E-state index in [4.69, 9.17) is 14.6 Å². The first-order chi connectivity index (χ1) is 17.1. The Morgan fingerprint density at radius 1 is 1.22 bits per heavy atom. The van der Waals surface area contributed by atoms with Gasteiger partial charge in [-0.15, -0.1) is 0 Å². The Morgan fingerprint density at radius 3 is 2.53 bits per heavy atom. The number of hydrogen-bond donors (Lipinski definition) is 1. The van der Waals surface area contributed by atoms with Gasteiger partial charge < -0.3 is 19.2 Å². The van der Waals surface area contributed by atoms with E-state index in [1.165, 1.54) is 0 Å². The summed E-state index contributed by atoms with van der Waals surface area (Å²) < 4.78 is 7.98. The SMILES string of the molecule is CC1=NOC(C)C1c1cnc2c(-c3ccc(C(C)(C)C(=O)O)cc3)cn(CC3(C)CCOCC3)c2c1. The number of oxime groups is 1. The molecule has 3 aromatic rings. The molecule has 2 unspecified atom stereocenters. The fraction of sp³-hybridized carbons (Fsp3) is 0.483. The third-order valence-corrected chi connectivity index (χ3v) is 8.08. The summed E-state index contributed by atoms with van der Waals surface area (Å²) in [6.07, 6.45) is 6.17. The predicted molar refractivity (Wildman–Crippen MR) is 140 cm³/mol. The summed E-state index contributed by atoms with van der Waals surface area (Å²) in [7, 11) is 0. The molecule has 5 rings (SSSR count). The molecular weight excluding hydrogens is 454 g/mol. The van der Waals surface area contributed by atoms with Crippen molar-refractivity contribution in [3.05, 3.63) is 53.9 Å². The standard InChI is InChI=1S/C29H35N3O4/c1-18-25(19(2)36-31-18)21-14-24-26(30-15-21)23(16-32(24)17-29(5)10-12-35-13-11-29)20-6-8-22(9-7-20)28(3,4)27(33)34/h6-9,14-16,19,25H,10-13,17H2,1-5H3,(H,33,34). The molecule has 1 aromatic carbocycles. The van der Waals surface area contributed by atoms with Crippen LogP contribution in [0, 0.1) is 5.41 Å². The Morgan fingerprint density at radius 2 is 1.92 bits per heavy atom. The average molecular weight is 490 g/mol. The van der Waals surface area contributed by atoms with Crippen molar-refractivity contribution < 1.29 is 19.5 Å². The Labute approximate surface area is 212 Å². The average Bonchev–Trinajstić information content (AvgIpc) is 3.37. The summed E-state index contributed by atoms with van der Waals surface area (Å²) in [6, 6.07) is 10.1. The zero-order valence-electron chi connectivity index (χ0n) is 21.7. The fourth-order valence-corrected chi connectivity index (χ4v) is 5.45. The van der Waals surface area contributed by atoms with Crippen LogP contribution in [0.25, 0.3) is 22.2 Å². The van der Waals surface area contributed by atoms with Gasteiger partial charge in [0.15, 0.2) is 0 Å². The molecular formula is C29H35N3O4. The molecule has 7 nitrogen and oxygen atoms in total. The van der Waals surface area contributed by atoms with Crippen LogP contribution in [-0.4, -0.2) is 45.7 Å². The lowest BCUT2D eigenvalue weighted by atomic mass is 9.82. The largest absolute Gasteiger partial charge is 0.481 e. The Kier molecular flexibility index (Phi) is 6.15. The molecule has 0 amide bonds. The summed E-state index contributed by atoms with van der Waals surface area (Å²) in [5.74, 6) is -0.750. The van der Waals surface area contributed by atoms with E-state index in [1.807, 2.05) is 44.3 Å². The van der Waals surface area contributed by atoms with Crippen LogP contribution in [0.2, 0.25) is 0 Å². The van der Waals surface area contributed by atoms with Gasteiger partial charge in [0, 0.05) is 37.7 Å². The quantitative estimate of drug-likeness (QED) is 0.476. The van der Waals surface area contributed by atoms with Crippen molar-refractivity contribution in [3.8, 4) is 11.1 Å². The van der Waals surface area contributed by atoms with Gasteiger partial charge in [0.25, 0.3) is 0 Å². The van der Waals surface area contributed by atoms with Crippen molar-refractivity contribution in [1.82, 2.24) is 9.55 Å². The molecule has 0 bridgehead atoms. The molecule has 2 aliphatic rings. The minimum Gasteiger partial charge on any atom is -0.481 e. The van der Waals surface area contributed by atoms with Crippen molar-refractivity contribution in [2.75, 3.05) is 13.2 Å². The van der Waals surface area contributed by atoms with Crippen LogP contribution in [0.1, 0.15) is 64.5 Å². The first kappa shape index (κ1) is 24.5. The molecule has 2 atom stereocenters. The normalized spacial score (nSPS) is 21.9. The maximum Gasteiger partial charge on any atom is 0.313 e. The van der Waals surface area contributed by atoms with Crippen molar-refractivity contribution in [2.24, 2.45) is 10.6 Å². The summed E-state index contributed by atoms with van der Waals surface area (Å²) in [5.41, 5.74) is 6.16. The highest BCUT2D eigenvalue weighted by molar-refractivity contribution is 5.95. The number of rotatable bonds is 6. The van der Waals surface area contributed by atoms with Crippen molar-refractivity contribution >= 4 is 22.7 Å². The Hall–Kier alpha value is -3.19. The Bertz CT molecular complexity index is 1320. The van der Waals surface area contributed by atoms with Gasteiger partial charge in [-0.1, -0.05) is 36.3 Å². The van der Waals surface area contributed by atoms with E-state index in [1.54, 1.807) is 13.8 Å². The van der Waals surface area contributed by atoms with Crippen molar-refractivity contribution in [1.29, 1.82) is 0 Å². The first-order valence-corrected chi connectivity index (χ1v) is 12.7. The van der Waals surface area contributed by atoms with Crippen molar-refractivity contribution in [3.63, 3.8) is 0 Å². The summed E-state index contributed by atoms with van der Waals surface area (Å²) in [6.45, 7) is 12.3. The lowest BCUT2D eigenvalue weighted by Crippen LogP contribution is -2.30. The monoisotopic (exact) mass is 489 g/mol. The van der Waals surface area contributed by atoms with Crippen LogP contribution in [0.3, 0.4) is 0 Å². The van der Waals surface area contributed by atoms with Crippen molar-refractivity contribution in [2.45, 2.75) is 71.4 Å². The highest BCUT2D eigenvalue weighted by Crippen LogP contribution is 2.38. The zero-order valence-corrected chi connectivity index (χ0v) is 21.7. The second-order valence-corrected chi connectivity index (χ2v) is 11.3. The van der Waals surface area contributed by atoms with Crippen LogP contribution in [0.5, 0.6) is 0 Å². The smallest absolute Gasteiger partial charge is 0.313 e. The second-order valence-electron chi connectivity index (χ2n) is 11.3. The molecule has 7 heteroatoms. The molecule has 2 aliphatic heterocycles. The van der Waals surface area contributed by atoms with Gasteiger partial charge in [-0.3, -0.25) is 9.78 Å². The highest BCUT2D eigenvalue weighted by atomic mass is 16.6. The molecule has 36 heavy (non-hydrogen) atoms. The predicted octanol–water partition coefficient (Wildman–Crippen LogP) is 5.76. The minimum atomic E-state index is -0.948. The lowest BCUT2D eigenvalue weighted by Gasteiger charge is -2.34. The number of ether oxygens (including phenoxy) is 1. The summed E-state index contributed by atoms with van der Waals surface area (Å²) in [5, 5.41) is 13.8. The number of hydrogen-bond acceptors (Lipinski definition) is 5. The fourth-order valence-electron chi connectivity index (χ4n) is 5.45. The number of aliphatic carboxylic acids is 1. The minimum absolute atomic E-state index is 0.0229. The van der Waals surface area contributed by atoms with E-state index in [9.17, 15) is 9.90 Å². The van der Waals surface area contributed by atoms with Gasteiger partial charge in [0.05, 0.1) is 28.1 Å². The molecule has 0 spiro atoms. The second kappa shape index (κ2) is 9.04. The molecule has 0 radical (unpaired) electrons. The Balaban J connectivity index is 1.59. The van der Waals surface area contributed by atoms with E-state index >= 15 is 0 Å². The first-order valence-electron chi connectivity index (χ1n) is 12.7. The van der Waals surface area contributed by atoms with E-state index in [0.29, 0.717) is 0 Å². The molecule has 0 aliphatic carbocycles. The number of fused-ring (bicyclic) bond motifs is 1. The zero-order chi connectivity index (χ0) is 25.7. The number of benzene rings is 1. The molecule has 1 N–H and O–H groups in total. The van der Waals surface area contributed by atoms with Gasteiger partial charge in [-0.2, -0.15) is 0 Å². The van der Waals surface area contributed by atoms with E-state index in [-0.39, 0.29) is 17.4 Å². The van der Waals surface area contributed by atoms with Crippen LogP contribution in [0.15, 0.2) is 47.9 Å². The van der Waals surface area contributed by atoms with Gasteiger partial charge in [-0.05, 0) is 68.7 Å². The third kappa shape index (κ3) is 4.30. The number of nitrogens with zero attached hydrogens (tertiary/aromatic N) is 3.